The van der Waals surface area contributed by atoms with Gasteiger partial charge in [-0.1, -0.05) is 18.2 Å². The van der Waals surface area contributed by atoms with Crippen LogP contribution < -0.4 is 4.18 Å². The van der Waals surface area contributed by atoms with Gasteiger partial charge in [0.25, 0.3) is 0 Å². The van der Waals surface area contributed by atoms with Crippen molar-refractivity contribution >= 4 is 20.8 Å². The number of hydrogen-bond acceptors (Lipinski definition) is 4. The molecule has 0 heterocycles. The van der Waals surface area contributed by atoms with Gasteiger partial charge in [0.2, 0.25) is 0 Å². The first-order valence-electron chi connectivity index (χ1n) is 2.61. The number of benzene rings is 1. The Morgan fingerprint density at radius 2 is 1.90 bits per heavy atom. The molecule has 0 fully saturated rings. The van der Waals surface area contributed by atoms with Crippen molar-refractivity contribution in [3.63, 3.8) is 0 Å². The van der Waals surface area contributed by atoms with Gasteiger partial charge in [0.15, 0.2) is 0 Å². The highest BCUT2D eigenvalue weighted by Gasteiger charge is 1.80. The van der Waals surface area contributed by atoms with Crippen LogP contribution in [0.2, 0.25) is 0 Å². The third kappa shape index (κ3) is 2.33. The summed E-state index contributed by atoms with van der Waals surface area (Å²) in [5.74, 6) is 0.538. The molecule has 0 aromatic heterocycles. The van der Waals surface area contributed by atoms with Crippen LogP contribution in [0.3, 0.4) is 0 Å². The van der Waals surface area contributed by atoms with Gasteiger partial charge in [0, 0.05) is 0 Å². The fraction of sp³-hybridized carbons (Fsp3) is 0. The van der Waals surface area contributed by atoms with E-state index in [4.69, 9.17) is 4.18 Å². The van der Waals surface area contributed by atoms with Crippen molar-refractivity contribution in [1.29, 1.82) is 0 Å². The number of para-hydroxylation sites is 1. The molecule has 1 aromatic rings. The topological polar surface area (TPSA) is 26.3 Å². The van der Waals surface area contributed by atoms with Gasteiger partial charge in [0.05, 0.1) is 5.75 Å². The molecule has 2 nitrogen and oxygen atoms in total. The molecule has 0 amide bonds. The third-order valence-corrected chi connectivity index (χ3v) is 1.44. The first-order chi connectivity index (χ1) is 4.79. The standard InChI is InChI=1S/C6H5O2S2/c7-10(9)8-6-4-2-1-3-5-6/h1-5H/q-1. The Balaban J connectivity index is 2.77. The Morgan fingerprint density at radius 3 is 2.40 bits per heavy atom. The molecule has 0 aliphatic rings. The summed E-state index contributed by atoms with van der Waals surface area (Å²) >= 11 is 4.31. The second-order valence-corrected chi connectivity index (χ2v) is 2.99. The molecule has 4 heteroatoms. The molecule has 0 atom stereocenters. The fourth-order valence-corrected chi connectivity index (χ4v) is 1.06. The minimum Gasteiger partial charge on any atom is -0.551 e. The molecule has 0 saturated carbocycles. The predicted molar refractivity (Wildman–Crippen MR) is 42.5 cm³/mol. The lowest BCUT2D eigenvalue weighted by Gasteiger charge is -2.04. The van der Waals surface area contributed by atoms with E-state index in [9.17, 15) is 4.21 Å². The summed E-state index contributed by atoms with van der Waals surface area (Å²) in [6.45, 7) is 0. The number of rotatable bonds is 2. The van der Waals surface area contributed by atoms with E-state index in [1.54, 1.807) is 24.3 Å². The second kappa shape index (κ2) is 3.53. The van der Waals surface area contributed by atoms with E-state index in [0.717, 1.165) is 0 Å². The van der Waals surface area contributed by atoms with Gasteiger partial charge in [0.1, 0.15) is 0 Å². The maximum atomic E-state index is 10.3. The SMILES string of the molecule is O=[S-](=S)Oc1ccccc1. The Hall–Kier alpha value is -0.610. The van der Waals surface area contributed by atoms with E-state index in [2.05, 4.69) is 11.2 Å². The van der Waals surface area contributed by atoms with E-state index in [-0.39, 0.29) is 0 Å². The minimum atomic E-state index is -1.63. The Bertz CT molecular complexity index is 258. The summed E-state index contributed by atoms with van der Waals surface area (Å²) < 4.78 is 15.0. The van der Waals surface area contributed by atoms with E-state index in [1.807, 2.05) is 6.07 Å². The van der Waals surface area contributed by atoms with Crippen molar-refractivity contribution < 1.29 is 8.39 Å². The van der Waals surface area contributed by atoms with Crippen molar-refractivity contribution in [3.8, 4) is 5.75 Å². The minimum absolute atomic E-state index is 0.538. The third-order valence-electron chi connectivity index (χ3n) is 0.907. The summed E-state index contributed by atoms with van der Waals surface area (Å²) in [6, 6.07) is 8.82. The van der Waals surface area contributed by atoms with Crippen LogP contribution in [-0.4, -0.2) is 0 Å². The molecule has 10 heavy (non-hydrogen) atoms. The second-order valence-electron chi connectivity index (χ2n) is 1.60. The van der Waals surface area contributed by atoms with Gasteiger partial charge in [-0.15, -0.1) is 0 Å². The molecule has 0 spiro atoms. The van der Waals surface area contributed by atoms with Crippen molar-refractivity contribution in [3.05, 3.63) is 30.3 Å². The monoisotopic (exact) mass is 173 g/mol. The van der Waals surface area contributed by atoms with Crippen molar-refractivity contribution in [2.45, 2.75) is 0 Å². The first-order valence-corrected chi connectivity index (χ1v) is 4.61. The molecular weight excluding hydrogens is 168 g/mol. The summed E-state index contributed by atoms with van der Waals surface area (Å²) in [7, 11) is -1.63. The van der Waals surface area contributed by atoms with Crippen molar-refractivity contribution in [2.75, 3.05) is 0 Å². The van der Waals surface area contributed by atoms with Crippen molar-refractivity contribution in [1.82, 2.24) is 0 Å². The van der Waals surface area contributed by atoms with E-state index < -0.39 is 9.64 Å². The molecule has 0 radical (unpaired) electrons. The highest BCUT2D eigenvalue weighted by atomic mass is 32.8. The zero-order valence-electron chi connectivity index (χ0n) is 5.02. The lowest BCUT2D eigenvalue weighted by molar-refractivity contribution is 0.536. The van der Waals surface area contributed by atoms with E-state index >= 15 is 0 Å². The van der Waals surface area contributed by atoms with E-state index in [1.165, 1.54) is 0 Å². The lowest BCUT2D eigenvalue weighted by atomic mass is 10.3. The molecule has 1 aromatic carbocycles. The summed E-state index contributed by atoms with van der Waals surface area (Å²) in [4.78, 5) is 0. The zero-order chi connectivity index (χ0) is 7.40. The predicted octanol–water partition coefficient (Wildman–Crippen LogP) is 1.41. The van der Waals surface area contributed by atoms with Crippen LogP contribution in [0.25, 0.3) is 0 Å². The van der Waals surface area contributed by atoms with Crippen LogP contribution in [0.1, 0.15) is 0 Å². The normalized spacial score (nSPS) is 9.70. The van der Waals surface area contributed by atoms with Gasteiger partial charge in [-0.3, -0.25) is 0 Å². The van der Waals surface area contributed by atoms with Crippen LogP contribution in [0, 0.1) is 0 Å². The first kappa shape index (κ1) is 7.50. The largest absolute Gasteiger partial charge is 0.551 e. The van der Waals surface area contributed by atoms with Gasteiger partial charge in [-0.25, -0.2) is 0 Å². The highest BCUT2D eigenvalue weighted by Crippen LogP contribution is 2.07. The van der Waals surface area contributed by atoms with Crippen LogP contribution in [-0.2, 0) is 25.0 Å². The van der Waals surface area contributed by atoms with Gasteiger partial charge in [-0.05, 0) is 21.8 Å². The zero-order valence-corrected chi connectivity index (χ0v) is 6.65. The molecule has 54 valence electrons. The van der Waals surface area contributed by atoms with Crippen LogP contribution in [0.5, 0.6) is 5.75 Å². The quantitative estimate of drug-likeness (QED) is 0.632. The van der Waals surface area contributed by atoms with Gasteiger partial charge in [-0.2, -0.15) is 11.2 Å². The van der Waals surface area contributed by atoms with E-state index in [0.29, 0.717) is 5.75 Å². The molecule has 0 saturated heterocycles. The maximum absolute atomic E-state index is 10.3. The smallest absolute Gasteiger partial charge is 0.0999 e. The highest BCUT2D eigenvalue weighted by molar-refractivity contribution is 8.19. The molecule has 0 bridgehead atoms. The fourth-order valence-electron chi connectivity index (χ4n) is 0.555. The van der Waals surface area contributed by atoms with Crippen LogP contribution >= 0.6 is 0 Å². The van der Waals surface area contributed by atoms with Gasteiger partial charge >= 0.3 is 0 Å². The van der Waals surface area contributed by atoms with Crippen LogP contribution in [0.15, 0.2) is 30.3 Å². The van der Waals surface area contributed by atoms with Crippen molar-refractivity contribution in [2.24, 2.45) is 0 Å². The van der Waals surface area contributed by atoms with Gasteiger partial charge < -0.3 is 8.39 Å². The average molecular weight is 173 g/mol. The van der Waals surface area contributed by atoms with Crippen LogP contribution in [0.4, 0.5) is 0 Å². The molecule has 0 unspecified atom stereocenters. The summed E-state index contributed by atoms with van der Waals surface area (Å²) in [6.07, 6.45) is 0. The summed E-state index contributed by atoms with van der Waals surface area (Å²) in [5, 5.41) is 0. The Labute approximate surface area is 65.7 Å². The maximum Gasteiger partial charge on any atom is 0.0999 e. The summed E-state index contributed by atoms with van der Waals surface area (Å²) in [5.41, 5.74) is 0. The molecule has 1 rings (SSSR count). The molecular formula is C6H5O2S2-. The average Bonchev–Trinajstić information content (AvgIpc) is 1.88. The Morgan fingerprint density at radius 1 is 1.30 bits per heavy atom. The molecule has 0 aliphatic carbocycles. The molecule has 0 aliphatic heterocycles. The lowest BCUT2D eigenvalue weighted by Crippen LogP contribution is -1.85. The molecule has 0 N–H and O–H groups in total. The Kier molecular flexibility index (Phi) is 2.65. The number of hydrogen-bond donors (Lipinski definition) is 0.